The molecule has 2 aliphatic rings. The minimum absolute atomic E-state index is 0.0514. The predicted octanol–water partition coefficient (Wildman–Crippen LogP) is 2.56. The zero-order valence-electron chi connectivity index (χ0n) is 19.9. The molecule has 184 valence electrons. The highest BCUT2D eigenvalue weighted by molar-refractivity contribution is 7.89. The molecule has 2 atom stereocenters. The third-order valence-corrected chi connectivity index (χ3v) is 7.78. The van der Waals surface area contributed by atoms with Gasteiger partial charge in [-0.25, -0.2) is 18.1 Å². The lowest BCUT2D eigenvalue weighted by atomic mass is 9.92. The lowest BCUT2D eigenvalue weighted by Gasteiger charge is -2.36. The molecule has 1 aromatic heterocycles. The van der Waals surface area contributed by atoms with Gasteiger partial charge in [0, 0.05) is 38.8 Å². The number of pyridine rings is 1. The van der Waals surface area contributed by atoms with Crippen LogP contribution in [-0.2, 0) is 38.9 Å². The van der Waals surface area contributed by atoms with Crippen LogP contribution in [0.4, 0.5) is 5.82 Å². The summed E-state index contributed by atoms with van der Waals surface area (Å²) in [6.07, 6.45) is 6.32. The second kappa shape index (κ2) is 10.8. The summed E-state index contributed by atoms with van der Waals surface area (Å²) in [5, 5.41) is 2.83. The molecule has 2 unspecified atom stereocenters. The van der Waals surface area contributed by atoms with Gasteiger partial charge in [-0.3, -0.25) is 4.79 Å². The third kappa shape index (κ3) is 6.34. The maximum atomic E-state index is 12.6. The molecular weight excluding hydrogens is 452 g/mol. The van der Waals surface area contributed by atoms with Crippen LogP contribution in [0.5, 0.6) is 0 Å². The first-order valence-corrected chi connectivity index (χ1v) is 13.5. The van der Waals surface area contributed by atoms with E-state index in [9.17, 15) is 13.2 Å². The van der Waals surface area contributed by atoms with Gasteiger partial charge in [0.25, 0.3) is 0 Å². The number of ether oxygens (including phenoxy) is 1. The molecule has 0 spiro atoms. The lowest BCUT2D eigenvalue weighted by Crippen LogP contribution is -2.45. The highest BCUT2D eigenvalue weighted by atomic mass is 32.2. The molecule has 1 aromatic carbocycles. The lowest BCUT2D eigenvalue weighted by molar-refractivity contribution is -0.121. The number of amides is 1. The second-order valence-electron chi connectivity index (χ2n) is 9.25. The minimum atomic E-state index is -3.63. The highest BCUT2D eigenvalue weighted by Gasteiger charge is 2.23. The Balaban J connectivity index is 1.22. The fourth-order valence-electron chi connectivity index (χ4n) is 4.62. The van der Waals surface area contributed by atoms with Crippen molar-refractivity contribution in [3.05, 3.63) is 53.2 Å². The summed E-state index contributed by atoms with van der Waals surface area (Å²) >= 11 is 0. The maximum Gasteiger partial charge on any atom is 0.240 e. The van der Waals surface area contributed by atoms with Crippen LogP contribution in [0.25, 0.3) is 0 Å². The smallest absolute Gasteiger partial charge is 0.240 e. The Morgan fingerprint density at radius 1 is 1.09 bits per heavy atom. The zero-order chi connectivity index (χ0) is 24.1. The largest absolute Gasteiger partial charge is 0.372 e. The quantitative estimate of drug-likeness (QED) is 0.595. The number of rotatable bonds is 8. The van der Waals surface area contributed by atoms with Crippen molar-refractivity contribution in [2.75, 3.05) is 24.5 Å². The van der Waals surface area contributed by atoms with Gasteiger partial charge in [0.1, 0.15) is 5.82 Å². The fraction of sp³-hybridized carbons (Fsp3) is 0.520. The van der Waals surface area contributed by atoms with Crippen LogP contribution < -0.4 is 14.9 Å². The average molecular weight is 487 g/mol. The Morgan fingerprint density at radius 3 is 2.53 bits per heavy atom. The molecule has 8 nitrogen and oxygen atoms in total. The summed E-state index contributed by atoms with van der Waals surface area (Å²) in [6.45, 7) is 6.11. The molecule has 2 heterocycles. The molecule has 4 rings (SSSR count). The van der Waals surface area contributed by atoms with Crippen molar-refractivity contribution in [2.45, 2.75) is 69.6 Å². The van der Waals surface area contributed by atoms with E-state index in [1.807, 2.05) is 18.2 Å². The van der Waals surface area contributed by atoms with Crippen molar-refractivity contribution in [3.63, 3.8) is 0 Å². The van der Waals surface area contributed by atoms with Crippen LogP contribution in [0.1, 0.15) is 49.8 Å². The van der Waals surface area contributed by atoms with Crippen LogP contribution >= 0.6 is 0 Å². The summed E-state index contributed by atoms with van der Waals surface area (Å²) in [7, 11) is -3.63. The molecule has 0 saturated carbocycles. The van der Waals surface area contributed by atoms with Crippen molar-refractivity contribution < 1.29 is 17.9 Å². The molecule has 9 heteroatoms. The average Bonchev–Trinajstić information content (AvgIpc) is 2.82. The summed E-state index contributed by atoms with van der Waals surface area (Å²) < 4.78 is 33.6. The number of hydrogen-bond donors (Lipinski definition) is 2. The van der Waals surface area contributed by atoms with Gasteiger partial charge in [-0.2, -0.15) is 0 Å². The molecule has 1 aliphatic heterocycles. The van der Waals surface area contributed by atoms with Gasteiger partial charge in [0.05, 0.1) is 17.1 Å². The van der Waals surface area contributed by atoms with E-state index in [0.717, 1.165) is 55.7 Å². The second-order valence-corrected chi connectivity index (χ2v) is 11.0. The van der Waals surface area contributed by atoms with Gasteiger partial charge in [-0.15, -0.1) is 0 Å². The van der Waals surface area contributed by atoms with Crippen LogP contribution in [0, 0.1) is 0 Å². The van der Waals surface area contributed by atoms with Gasteiger partial charge in [0.15, 0.2) is 0 Å². The van der Waals surface area contributed by atoms with Crippen molar-refractivity contribution in [3.8, 4) is 0 Å². The van der Waals surface area contributed by atoms with E-state index in [0.29, 0.717) is 6.54 Å². The van der Waals surface area contributed by atoms with E-state index in [4.69, 9.17) is 4.74 Å². The van der Waals surface area contributed by atoms with Crippen LogP contribution in [-0.4, -0.2) is 51.2 Å². The summed E-state index contributed by atoms with van der Waals surface area (Å²) in [4.78, 5) is 19.2. The summed E-state index contributed by atoms with van der Waals surface area (Å²) in [5.41, 5.74) is 3.24. The topological polar surface area (TPSA) is 101 Å². The number of aryl methyl sites for hydroxylation is 2. The number of nitrogens with zero attached hydrogens (tertiary/aromatic N) is 2. The number of carbonyl (C=O) groups excluding carboxylic acids is 1. The van der Waals surface area contributed by atoms with Crippen LogP contribution in [0.3, 0.4) is 0 Å². The molecule has 1 fully saturated rings. The standard InChI is InChI=1S/C25H34N4O4S/c1-18-16-29(17-19(2)33-18)24-10-7-20(14-26-24)15-27-25(30)11-12-28-34(31,32)23-9-8-21-5-3-4-6-22(21)13-23/h7-10,13-14,18-19,28H,3-6,11-12,15-17H2,1-2H3,(H,27,30). The molecule has 1 saturated heterocycles. The van der Waals surface area contributed by atoms with E-state index < -0.39 is 10.0 Å². The number of aromatic nitrogens is 1. The Labute approximate surface area is 202 Å². The molecule has 2 aromatic rings. The first-order valence-electron chi connectivity index (χ1n) is 12.0. The van der Waals surface area contributed by atoms with E-state index >= 15 is 0 Å². The van der Waals surface area contributed by atoms with Gasteiger partial charge >= 0.3 is 0 Å². The number of benzene rings is 1. The molecule has 34 heavy (non-hydrogen) atoms. The highest BCUT2D eigenvalue weighted by Crippen LogP contribution is 2.24. The third-order valence-electron chi connectivity index (χ3n) is 6.32. The SMILES string of the molecule is CC1CN(c2ccc(CNC(=O)CCNS(=O)(=O)c3ccc4c(c3)CCCC4)cn2)CC(C)O1. The number of anilines is 1. The molecule has 2 N–H and O–H groups in total. The number of carbonyl (C=O) groups is 1. The normalized spacial score (nSPS) is 20.6. The van der Waals surface area contributed by atoms with Crippen LogP contribution in [0.2, 0.25) is 0 Å². The fourth-order valence-corrected chi connectivity index (χ4v) is 5.70. The number of fused-ring (bicyclic) bond motifs is 1. The van der Waals surface area contributed by atoms with E-state index in [1.165, 1.54) is 5.56 Å². The minimum Gasteiger partial charge on any atom is -0.372 e. The molecule has 0 bridgehead atoms. The number of morpholine rings is 1. The monoisotopic (exact) mass is 486 g/mol. The van der Waals surface area contributed by atoms with Gasteiger partial charge in [-0.1, -0.05) is 12.1 Å². The first kappa shape index (κ1) is 24.6. The number of sulfonamides is 1. The predicted molar refractivity (Wildman–Crippen MR) is 131 cm³/mol. The van der Waals surface area contributed by atoms with Gasteiger partial charge in [-0.05, 0) is 74.4 Å². The Morgan fingerprint density at radius 2 is 1.82 bits per heavy atom. The summed E-state index contributed by atoms with van der Waals surface area (Å²) in [5.74, 6) is 0.682. The molecule has 1 amide bonds. The van der Waals surface area contributed by atoms with Gasteiger partial charge in [0.2, 0.25) is 15.9 Å². The van der Waals surface area contributed by atoms with E-state index in [-0.39, 0.29) is 36.0 Å². The zero-order valence-corrected chi connectivity index (χ0v) is 20.7. The number of hydrogen-bond acceptors (Lipinski definition) is 6. The van der Waals surface area contributed by atoms with Crippen molar-refractivity contribution in [1.82, 2.24) is 15.0 Å². The van der Waals surface area contributed by atoms with Crippen LogP contribution in [0.15, 0.2) is 41.4 Å². The van der Waals surface area contributed by atoms with Crippen molar-refractivity contribution in [1.29, 1.82) is 0 Å². The Kier molecular flexibility index (Phi) is 7.85. The van der Waals surface area contributed by atoms with Gasteiger partial charge < -0.3 is 15.0 Å². The number of nitrogens with one attached hydrogen (secondary N) is 2. The van der Waals surface area contributed by atoms with Crippen molar-refractivity contribution in [2.24, 2.45) is 0 Å². The molecular formula is C25H34N4O4S. The molecule has 1 aliphatic carbocycles. The van der Waals surface area contributed by atoms with E-state index in [2.05, 4.69) is 33.8 Å². The molecule has 0 radical (unpaired) electrons. The first-order chi connectivity index (χ1) is 16.3. The maximum absolute atomic E-state index is 12.6. The van der Waals surface area contributed by atoms with Crippen molar-refractivity contribution >= 4 is 21.7 Å². The summed E-state index contributed by atoms with van der Waals surface area (Å²) in [6, 6.07) is 9.24. The van der Waals surface area contributed by atoms with E-state index in [1.54, 1.807) is 18.3 Å². The Bertz CT molecular complexity index is 1090. The Hall–Kier alpha value is -2.49.